The molecule has 2 heterocycles. The first-order valence-corrected chi connectivity index (χ1v) is 10.2. The number of aliphatic hydroxyl groups is 1. The van der Waals surface area contributed by atoms with Gasteiger partial charge in [0.2, 0.25) is 0 Å². The molecule has 0 fully saturated rings. The zero-order chi connectivity index (χ0) is 20.0. The van der Waals surface area contributed by atoms with Crippen molar-refractivity contribution >= 4 is 21.6 Å². The van der Waals surface area contributed by atoms with E-state index in [1.165, 1.54) is 0 Å². The molecular formula is C20H31N3O3S. The second-order valence-corrected chi connectivity index (χ2v) is 8.58. The van der Waals surface area contributed by atoms with E-state index in [0.717, 1.165) is 28.2 Å². The number of rotatable bonds is 11. The van der Waals surface area contributed by atoms with Crippen molar-refractivity contribution < 1.29 is 9.84 Å². The fourth-order valence-electron chi connectivity index (χ4n) is 2.90. The summed E-state index contributed by atoms with van der Waals surface area (Å²) in [4.78, 5) is 24.1. The first kappa shape index (κ1) is 21.8. The van der Waals surface area contributed by atoms with Gasteiger partial charge in [0.05, 0.1) is 31.2 Å². The van der Waals surface area contributed by atoms with Crippen LogP contribution in [-0.2, 0) is 11.3 Å². The number of aromatic nitrogens is 2. The van der Waals surface area contributed by atoms with Gasteiger partial charge in [-0.1, -0.05) is 19.9 Å². The SMILES string of the molecule is C=CCOCC(O)CN(CCC(C)C)Cc1nc2sc(C)c(C)c2c(=O)[nH]1. The molecule has 0 amide bonds. The van der Waals surface area contributed by atoms with Gasteiger partial charge in [-0.25, -0.2) is 4.98 Å². The first-order valence-electron chi connectivity index (χ1n) is 9.39. The number of nitrogens with zero attached hydrogens (tertiary/aromatic N) is 2. The maximum Gasteiger partial charge on any atom is 0.259 e. The quantitative estimate of drug-likeness (QED) is 0.453. The molecule has 2 N–H and O–H groups in total. The highest BCUT2D eigenvalue weighted by molar-refractivity contribution is 7.18. The number of nitrogens with one attached hydrogen (secondary N) is 1. The van der Waals surface area contributed by atoms with E-state index in [0.29, 0.717) is 36.8 Å². The van der Waals surface area contributed by atoms with Gasteiger partial charge >= 0.3 is 0 Å². The van der Waals surface area contributed by atoms with Crippen molar-refractivity contribution in [1.82, 2.24) is 14.9 Å². The summed E-state index contributed by atoms with van der Waals surface area (Å²) in [6.45, 7) is 14.4. The molecule has 2 aromatic heterocycles. The third-order valence-electron chi connectivity index (χ3n) is 4.50. The third-order valence-corrected chi connectivity index (χ3v) is 5.60. The monoisotopic (exact) mass is 393 g/mol. The van der Waals surface area contributed by atoms with Crippen LogP contribution in [0.25, 0.3) is 10.2 Å². The van der Waals surface area contributed by atoms with Crippen molar-refractivity contribution in [1.29, 1.82) is 0 Å². The second-order valence-electron chi connectivity index (χ2n) is 7.37. The predicted molar refractivity (Wildman–Crippen MR) is 111 cm³/mol. The van der Waals surface area contributed by atoms with E-state index < -0.39 is 6.10 Å². The lowest BCUT2D eigenvalue weighted by molar-refractivity contribution is 0.0232. The largest absolute Gasteiger partial charge is 0.389 e. The molecule has 2 rings (SSSR count). The van der Waals surface area contributed by atoms with E-state index >= 15 is 0 Å². The highest BCUT2D eigenvalue weighted by Crippen LogP contribution is 2.25. The Hall–Kier alpha value is -1.54. The zero-order valence-electron chi connectivity index (χ0n) is 16.7. The van der Waals surface area contributed by atoms with Crippen LogP contribution in [0.2, 0.25) is 0 Å². The summed E-state index contributed by atoms with van der Waals surface area (Å²) >= 11 is 1.55. The molecular weight excluding hydrogens is 362 g/mol. The number of hydrogen-bond donors (Lipinski definition) is 2. The van der Waals surface area contributed by atoms with Gasteiger partial charge in [-0.3, -0.25) is 9.69 Å². The Balaban J connectivity index is 2.14. The average molecular weight is 394 g/mol. The second kappa shape index (κ2) is 10.1. The van der Waals surface area contributed by atoms with Crippen molar-refractivity contribution in [2.45, 2.75) is 46.8 Å². The summed E-state index contributed by atoms with van der Waals surface area (Å²) in [5.74, 6) is 1.19. The van der Waals surface area contributed by atoms with E-state index in [1.807, 2.05) is 13.8 Å². The lowest BCUT2D eigenvalue weighted by Gasteiger charge is -2.25. The standard InChI is InChI=1S/C20H31N3O3S/c1-6-9-26-12-16(24)10-23(8-7-13(2)3)11-17-21-19(25)18-14(4)15(5)27-20(18)22-17/h6,13,16,24H,1,7-12H2,2-5H3,(H,21,22,25). The zero-order valence-corrected chi connectivity index (χ0v) is 17.6. The Morgan fingerprint density at radius 1 is 1.41 bits per heavy atom. The average Bonchev–Trinajstić information content (AvgIpc) is 2.87. The van der Waals surface area contributed by atoms with Crippen LogP contribution in [0.15, 0.2) is 17.4 Å². The molecule has 27 heavy (non-hydrogen) atoms. The molecule has 6 nitrogen and oxygen atoms in total. The molecule has 0 radical (unpaired) electrons. The minimum absolute atomic E-state index is 0.0875. The van der Waals surface area contributed by atoms with Crippen LogP contribution in [-0.4, -0.2) is 52.4 Å². The normalized spacial score (nSPS) is 13.0. The van der Waals surface area contributed by atoms with Gasteiger partial charge in [-0.05, 0) is 38.3 Å². The van der Waals surface area contributed by atoms with Crippen LogP contribution in [0, 0.1) is 19.8 Å². The molecule has 0 bridgehead atoms. The minimum atomic E-state index is -0.598. The molecule has 1 atom stereocenters. The van der Waals surface area contributed by atoms with Gasteiger partial charge < -0.3 is 14.8 Å². The van der Waals surface area contributed by atoms with Crippen LogP contribution < -0.4 is 5.56 Å². The van der Waals surface area contributed by atoms with Gasteiger partial charge in [-0.2, -0.15) is 0 Å². The van der Waals surface area contributed by atoms with Crippen LogP contribution in [0.4, 0.5) is 0 Å². The molecule has 1 unspecified atom stereocenters. The number of aliphatic hydroxyl groups excluding tert-OH is 1. The Kier molecular flexibility index (Phi) is 8.16. The Bertz CT molecular complexity index is 813. The maximum atomic E-state index is 12.5. The van der Waals surface area contributed by atoms with E-state index in [-0.39, 0.29) is 12.2 Å². The highest BCUT2D eigenvalue weighted by Gasteiger charge is 2.17. The molecule has 150 valence electrons. The Labute approximate surface area is 164 Å². The van der Waals surface area contributed by atoms with Gasteiger partial charge in [0.25, 0.3) is 5.56 Å². The fourth-order valence-corrected chi connectivity index (χ4v) is 3.95. The number of hydrogen-bond acceptors (Lipinski definition) is 6. The minimum Gasteiger partial charge on any atom is -0.389 e. The summed E-state index contributed by atoms with van der Waals surface area (Å²) in [6, 6.07) is 0. The smallest absolute Gasteiger partial charge is 0.259 e. The summed E-state index contributed by atoms with van der Waals surface area (Å²) in [6.07, 6.45) is 2.07. The topological polar surface area (TPSA) is 78.5 Å². The van der Waals surface area contributed by atoms with Crippen molar-refractivity contribution in [2.24, 2.45) is 5.92 Å². The summed E-state index contributed by atoms with van der Waals surface area (Å²) in [5.41, 5.74) is 0.914. The molecule has 0 aromatic carbocycles. The van der Waals surface area contributed by atoms with Crippen molar-refractivity contribution in [3.63, 3.8) is 0 Å². The fraction of sp³-hybridized carbons (Fsp3) is 0.600. The Morgan fingerprint density at radius 2 is 2.15 bits per heavy atom. The summed E-state index contributed by atoms with van der Waals surface area (Å²) in [5, 5.41) is 11.0. The van der Waals surface area contributed by atoms with Gasteiger partial charge in [-0.15, -0.1) is 17.9 Å². The van der Waals surface area contributed by atoms with E-state index in [4.69, 9.17) is 4.74 Å². The number of aromatic amines is 1. The maximum absolute atomic E-state index is 12.5. The molecule has 0 aliphatic rings. The van der Waals surface area contributed by atoms with Crippen LogP contribution in [0.5, 0.6) is 0 Å². The van der Waals surface area contributed by atoms with Gasteiger partial charge in [0, 0.05) is 11.4 Å². The van der Waals surface area contributed by atoms with E-state index in [9.17, 15) is 9.90 Å². The number of H-pyrrole nitrogens is 1. The number of aryl methyl sites for hydroxylation is 2. The lowest BCUT2D eigenvalue weighted by Crippen LogP contribution is -2.36. The van der Waals surface area contributed by atoms with Gasteiger partial charge in [0.1, 0.15) is 10.7 Å². The van der Waals surface area contributed by atoms with Crippen LogP contribution >= 0.6 is 11.3 Å². The lowest BCUT2D eigenvalue weighted by atomic mass is 10.1. The van der Waals surface area contributed by atoms with Crippen molar-refractivity contribution in [3.05, 3.63) is 39.3 Å². The predicted octanol–water partition coefficient (Wildman–Crippen LogP) is 3.01. The van der Waals surface area contributed by atoms with Gasteiger partial charge in [0.15, 0.2) is 0 Å². The molecule has 0 spiro atoms. The molecule has 7 heteroatoms. The summed E-state index contributed by atoms with van der Waals surface area (Å²) in [7, 11) is 0. The van der Waals surface area contributed by atoms with Crippen molar-refractivity contribution in [2.75, 3.05) is 26.3 Å². The molecule has 0 aliphatic carbocycles. The number of thiophene rings is 1. The number of ether oxygens (including phenoxy) is 1. The van der Waals surface area contributed by atoms with Crippen LogP contribution in [0.1, 0.15) is 36.5 Å². The van der Waals surface area contributed by atoms with Crippen LogP contribution in [0.3, 0.4) is 0 Å². The molecule has 0 aliphatic heterocycles. The highest BCUT2D eigenvalue weighted by atomic mass is 32.1. The first-order chi connectivity index (χ1) is 12.8. The molecule has 0 saturated heterocycles. The van der Waals surface area contributed by atoms with Crippen molar-refractivity contribution in [3.8, 4) is 0 Å². The number of fused-ring (bicyclic) bond motifs is 1. The summed E-state index contributed by atoms with van der Waals surface area (Å²) < 4.78 is 5.35. The molecule has 0 saturated carbocycles. The third kappa shape index (κ3) is 6.24. The van der Waals surface area contributed by atoms with E-state index in [2.05, 4.69) is 35.3 Å². The molecule has 2 aromatic rings. The van der Waals surface area contributed by atoms with E-state index in [1.54, 1.807) is 17.4 Å². The Morgan fingerprint density at radius 3 is 2.81 bits per heavy atom.